The maximum absolute atomic E-state index is 12.3. The Morgan fingerprint density at radius 2 is 1.83 bits per heavy atom. The molecule has 1 heterocycles. The predicted molar refractivity (Wildman–Crippen MR) is 102 cm³/mol. The second-order valence-electron chi connectivity index (χ2n) is 5.40. The monoisotopic (exact) mass is 451 g/mol. The minimum Gasteiger partial charge on any atom is -0.325 e. The van der Waals surface area contributed by atoms with Crippen LogP contribution in [0.5, 0.6) is 0 Å². The van der Waals surface area contributed by atoms with E-state index in [1.165, 1.54) is 0 Å². The van der Waals surface area contributed by atoms with E-state index in [9.17, 15) is 9.59 Å². The molecular weight excluding hydrogens is 438 g/mol. The van der Waals surface area contributed by atoms with Gasteiger partial charge in [-0.2, -0.15) is 0 Å². The molecule has 5 nitrogen and oxygen atoms in total. The van der Waals surface area contributed by atoms with Crippen LogP contribution in [-0.2, 0) is 18.4 Å². The molecule has 124 valence electrons. The van der Waals surface area contributed by atoms with E-state index < -0.39 is 0 Å². The summed E-state index contributed by atoms with van der Waals surface area (Å²) in [6.45, 7) is 0.333. The van der Waals surface area contributed by atoms with Gasteiger partial charge >= 0.3 is 5.69 Å². The lowest BCUT2D eigenvalue weighted by Gasteiger charge is -2.08. The fourth-order valence-electron chi connectivity index (χ4n) is 2.60. The molecule has 0 radical (unpaired) electrons. The number of halogens is 2. The maximum Gasteiger partial charge on any atom is 0.328 e. The summed E-state index contributed by atoms with van der Waals surface area (Å²) >= 11 is 6.79. The number of carbonyl (C=O) groups is 1. The first-order chi connectivity index (χ1) is 11.5. The van der Waals surface area contributed by atoms with Gasteiger partial charge in [0.25, 0.3) is 0 Å². The number of nitrogens with zero attached hydrogens (tertiary/aromatic N) is 2. The van der Waals surface area contributed by atoms with Gasteiger partial charge in [0.2, 0.25) is 5.91 Å². The summed E-state index contributed by atoms with van der Waals surface area (Å²) in [6.07, 6.45) is 0.219. The van der Waals surface area contributed by atoms with Gasteiger partial charge in [-0.05, 0) is 46.3 Å². The Morgan fingerprint density at radius 3 is 2.54 bits per heavy atom. The number of para-hydroxylation sites is 2. The van der Waals surface area contributed by atoms with E-state index in [-0.39, 0.29) is 18.0 Å². The molecule has 3 rings (SSSR count). The average Bonchev–Trinajstić information content (AvgIpc) is 2.80. The number of hydrogen-bond donors (Lipinski definition) is 1. The second kappa shape index (κ2) is 6.94. The van der Waals surface area contributed by atoms with Crippen molar-refractivity contribution in [2.24, 2.45) is 7.05 Å². The molecule has 0 saturated carbocycles. The molecule has 0 fully saturated rings. The first-order valence-electron chi connectivity index (χ1n) is 7.36. The quantitative estimate of drug-likeness (QED) is 0.652. The van der Waals surface area contributed by atoms with Crippen LogP contribution in [0.15, 0.2) is 56.2 Å². The predicted octanol–water partition coefficient (Wildman–Crippen LogP) is 3.89. The van der Waals surface area contributed by atoms with E-state index in [2.05, 4.69) is 37.2 Å². The van der Waals surface area contributed by atoms with Crippen LogP contribution in [0.1, 0.15) is 6.42 Å². The van der Waals surface area contributed by atoms with Crippen molar-refractivity contribution in [3.8, 4) is 0 Å². The summed E-state index contributed by atoms with van der Waals surface area (Å²) in [5.74, 6) is -0.141. The van der Waals surface area contributed by atoms with Crippen molar-refractivity contribution in [3.63, 3.8) is 0 Å². The van der Waals surface area contributed by atoms with Crippen LogP contribution in [0.2, 0.25) is 0 Å². The summed E-state index contributed by atoms with van der Waals surface area (Å²) in [6, 6.07) is 13.1. The van der Waals surface area contributed by atoms with Crippen molar-refractivity contribution in [1.82, 2.24) is 9.13 Å². The lowest BCUT2D eigenvalue weighted by molar-refractivity contribution is -0.116. The van der Waals surface area contributed by atoms with Crippen LogP contribution >= 0.6 is 31.9 Å². The molecular formula is C17H15Br2N3O2. The molecule has 0 spiro atoms. The first kappa shape index (κ1) is 17.0. The third-order valence-corrected chi connectivity index (χ3v) is 4.97. The van der Waals surface area contributed by atoms with Crippen LogP contribution in [0, 0.1) is 0 Å². The zero-order chi connectivity index (χ0) is 17.3. The normalized spacial score (nSPS) is 11.0. The standard InChI is InChI=1S/C17H15Br2N3O2/c1-21-14-4-2-3-5-15(14)22(17(21)24)9-8-16(23)20-13-7-6-11(18)10-12(13)19/h2-7,10H,8-9H2,1H3,(H,20,23). The summed E-state index contributed by atoms with van der Waals surface area (Å²) in [7, 11) is 1.74. The molecule has 0 bridgehead atoms. The number of nitrogens with one attached hydrogen (secondary N) is 1. The number of carbonyl (C=O) groups excluding carboxylic acids is 1. The van der Waals surface area contributed by atoms with Gasteiger partial charge < -0.3 is 5.32 Å². The highest BCUT2D eigenvalue weighted by molar-refractivity contribution is 9.11. The van der Waals surface area contributed by atoms with Gasteiger partial charge in [-0.3, -0.25) is 13.9 Å². The molecule has 2 aromatic carbocycles. The molecule has 7 heteroatoms. The minimum absolute atomic E-state index is 0.117. The van der Waals surface area contributed by atoms with Gasteiger partial charge in [0.05, 0.1) is 16.7 Å². The third-order valence-electron chi connectivity index (χ3n) is 3.82. The summed E-state index contributed by atoms with van der Waals surface area (Å²) < 4.78 is 4.95. The van der Waals surface area contributed by atoms with E-state index in [1.807, 2.05) is 42.5 Å². The molecule has 0 unspecified atom stereocenters. The second-order valence-corrected chi connectivity index (χ2v) is 7.17. The highest BCUT2D eigenvalue weighted by Gasteiger charge is 2.12. The highest BCUT2D eigenvalue weighted by Crippen LogP contribution is 2.26. The molecule has 1 N–H and O–H groups in total. The number of hydrogen-bond acceptors (Lipinski definition) is 2. The van der Waals surface area contributed by atoms with Crippen molar-refractivity contribution in [2.75, 3.05) is 5.32 Å². The lowest BCUT2D eigenvalue weighted by Crippen LogP contribution is -2.24. The fourth-order valence-corrected chi connectivity index (χ4v) is 3.74. The van der Waals surface area contributed by atoms with Crippen LogP contribution < -0.4 is 11.0 Å². The Balaban J connectivity index is 1.75. The van der Waals surface area contributed by atoms with Crippen molar-refractivity contribution in [1.29, 1.82) is 0 Å². The fraction of sp³-hybridized carbons (Fsp3) is 0.176. The van der Waals surface area contributed by atoms with Crippen LogP contribution in [0.3, 0.4) is 0 Å². The summed E-state index contributed by atoms with van der Waals surface area (Å²) in [5.41, 5.74) is 2.28. The maximum atomic E-state index is 12.3. The van der Waals surface area contributed by atoms with E-state index in [1.54, 1.807) is 16.2 Å². The average molecular weight is 453 g/mol. The van der Waals surface area contributed by atoms with Crippen LogP contribution in [0.25, 0.3) is 11.0 Å². The Bertz CT molecular complexity index is 976. The van der Waals surface area contributed by atoms with Gasteiger partial charge in [-0.1, -0.05) is 28.1 Å². The van der Waals surface area contributed by atoms with Crippen LogP contribution in [0.4, 0.5) is 5.69 Å². The molecule has 1 amide bonds. The van der Waals surface area contributed by atoms with E-state index >= 15 is 0 Å². The van der Waals surface area contributed by atoms with E-state index in [0.717, 1.165) is 20.0 Å². The van der Waals surface area contributed by atoms with E-state index in [0.29, 0.717) is 12.2 Å². The van der Waals surface area contributed by atoms with Gasteiger partial charge in [-0.25, -0.2) is 4.79 Å². The molecule has 3 aromatic rings. The van der Waals surface area contributed by atoms with Crippen LogP contribution in [-0.4, -0.2) is 15.0 Å². The molecule has 0 aliphatic rings. The molecule has 24 heavy (non-hydrogen) atoms. The first-order valence-corrected chi connectivity index (χ1v) is 8.95. The van der Waals surface area contributed by atoms with Gasteiger partial charge in [0.1, 0.15) is 0 Å². The SMILES string of the molecule is Cn1c(=O)n(CCC(=O)Nc2ccc(Br)cc2Br)c2ccccc21. The Kier molecular flexibility index (Phi) is 4.91. The number of fused-ring (bicyclic) bond motifs is 1. The van der Waals surface area contributed by atoms with Crippen molar-refractivity contribution < 1.29 is 4.79 Å². The van der Waals surface area contributed by atoms with Gasteiger partial charge in [0, 0.05) is 29.0 Å². The van der Waals surface area contributed by atoms with E-state index in [4.69, 9.17) is 0 Å². The van der Waals surface area contributed by atoms with Gasteiger partial charge in [-0.15, -0.1) is 0 Å². The number of anilines is 1. The number of amides is 1. The topological polar surface area (TPSA) is 56.0 Å². The number of imidazole rings is 1. The van der Waals surface area contributed by atoms with Crippen molar-refractivity contribution in [2.45, 2.75) is 13.0 Å². The molecule has 1 aromatic heterocycles. The van der Waals surface area contributed by atoms with Gasteiger partial charge in [0.15, 0.2) is 0 Å². The summed E-state index contributed by atoms with van der Waals surface area (Å²) in [4.78, 5) is 24.5. The number of aryl methyl sites for hydroxylation is 2. The molecule has 0 saturated heterocycles. The zero-order valence-corrected chi connectivity index (χ0v) is 16.1. The van der Waals surface area contributed by atoms with Crippen molar-refractivity contribution >= 4 is 54.5 Å². The number of aromatic nitrogens is 2. The number of rotatable bonds is 4. The zero-order valence-electron chi connectivity index (χ0n) is 12.9. The molecule has 0 aliphatic carbocycles. The number of benzene rings is 2. The van der Waals surface area contributed by atoms with Crippen molar-refractivity contribution in [3.05, 3.63) is 61.9 Å². The lowest BCUT2D eigenvalue weighted by atomic mass is 10.3. The molecule has 0 aliphatic heterocycles. The third kappa shape index (κ3) is 3.32. The smallest absolute Gasteiger partial charge is 0.325 e. The largest absolute Gasteiger partial charge is 0.328 e. The Hall–Kier alpha value is -1.86. The highest BCUT2D eigenvalue weighted by atomic mass is 79.9. The Labute approximate surface area is 155 Å². The molecule has 0 atom stereocenters. The summed E-state index contributed by atoms with van der Waals surface area (Å²) in [5, 5.41) is 2.85. The minimum atomic E-state index is -0.141. The Morgan fingerprint density at radius 1 is 1.12 bits per heavy atom.